The first kappa shape index (κ1) is 22.5. The Balaban J connectivity index is 1.39. The molecule has 7 nitrogen and oxygen atoms in total. The number of rotatable bonds is 9. The fourth-order valence-electron chi connectivity index (χ4n) is 4.86. The molecular formula is C22H29ClN2O5S. The van der Waals surface area contributed by atoms with Gasteiger partial charge < -0.3 is 5.32 Å². The molecule has 0 atom stereocenters. The molecule has 1 amide bonds. The van der Waals surface area contributed by atoms with Gasteiger partial charge in [-0.1, -0.05) is 24.4 Å². The molecule has 1 N–H and O–H groups in total. The van der Waals surface area contributed by atoms with E-state index in [0.717, 1.165) is 32.1 Å². The number of nitrogens with zero attached hydrogens (tertiary/aromatic N) is 1. The van der Waals surface area contributed by atoms with Gasteiger partial charge >= 0.3 is 0 Å². The number of carbonyl (C=O) groups excluding carboxylic acids is 1. The summed E-state index contributed by atoms with van der Waals surface area (Å²) in [6.07, 6.45) is 8.41. The van der Waals surface area contributed by atoms with Crippen molar-refractivity contribution in [3.8, 4) is 0 Å². The van der Waals surface area contributed by atoms with Crippen molar-refractivity contribution >= 4 is 33.0 Å². The number of sulfone groups is 1. The minimum absolute atomic E-state index is 0.0535. The number of halogens is 1. The molecule has 1 aromatic rings. The fourth-order valence-corrected chi connectivity index (χ4v) is 7.34. The molecule has 0 aromatic heterocycles. The fraction of sp³-hybridized carbons (Fsp3) is 0.682. The Hall–Kier alpha value is -1.67. The van der Waals surface area contributed by atoms with Crippen molar-refractivity contribution in [2.24, 2.45) is 17.3 Å². The lowest BCUT2D eigenvalue weighted by atomic mass is 9.70. The van der Waals surface area contributed by atoms with Crippen molar-refractivity contribution in [2.75, 3.05) is 12.3 Å². The SMILES string of the molecule is O=C(NCC1(CC2CC2)CCC(S(=O)(=O)CC2CC2)CC1)c1ccc([N+](=O)[O-])cc1Cl. The van der Waals surface area contributed by atoms with Crippen molar-refractivity contribution in [3.05, 3.63) is 38.9 Å². The average molecular weight is 469 g/mol. The molecule has 1 aromatic carbocycles. The van der Waals surface area contributed by atoms with Crippen LogP contribution in [0.15, 0.2) is 18.2 Å². The lowest BCUT2D eigenvalue weighted by molar-refractivity contribution is -0.384. The minimum Gasteiger partial charge on any atom is -0.351 e. The smallest absolute Gasteiger partial charge is 0.270 e. The van der Waals surface area contributed by atoms with E-state index in [1.807, 2.05) is 0 Å². The molecule has 0 radical (unpaired) electrons. The zero-order valence-electron chi connectivity index (χ0n) is 17.5. The van der Waals surface area contributed by atoms with Crippen molar-refractivity contribution in [1.29, 1.82) is 0 Å². The Morgan fingerprint density at radius 3 is 2.32 bits per heavy atom. The van der Waals surface area contributed by atoms with Crippen LogP contribution in [-0.2, 0) is 9.84 Å². The van der Waals surface area contributed by atoms with E-state index in [0.29, 0.717) is 37.0 Å². The number of nitro benzene ring substituents is 1. The number of hydrogen-bond acceptors (Lipinski definition) is 5. The van der Waals surface area contributed by atoms with E-state index in [1.54, 1.807) is 0 Å². The largest absolute Gasteiger partial charge is 0.351 e. The summed E-state index contributed by atoms with van der Waals surface area (Å²) in [5.74, 6) is 1.02. The summed E-state index contributed by atoms with van der Waals surface area (Å²) in [5, 5.41) is 13.7. The number of hydrogen-bond donors (Lipinski definition) is 1. The van der Waals surface area contributed by atoms with Gasteiger partial charge in [-0.3, -0.25) is 14.9 Å². The van der Waals surface area contributed by atoms with Crippen LogP contribution in [0.2, 0.25) is 5.02 Å². The Bertz CT molecular complexity index is 964. The summed E-state index contributed by atoms with van der Waals surface area (Å²) < 4.78 is 25.4. The third-order valence-electron chi connectivity index (χ3n) is 7.12. The van der Waals surface area contributed by atoms with Gasteiger partial charge in [0.25, 0.3) is 11.6 Å². The second kappa shape index (κ2) is 8.70. The monoisotopic (exact) mass is 468 g/mol. The molecule has 0 heterocycles. The summed E-state index contributed by atoms with van der Waals surface area (Å²) in [7, 11) is -3.03. The van der Waals surface area contributed by atoms with Gasteiger partial charge in [-0.05, 0) is 68.3 Å². The van der Waals surface area contributed by atoms with Crippen molar-refractivity contribution in [1.82, 2.24) is 5.32 Å². The van der Waals surface area contributed by atoms with Crippen LogP contribution in [-0.4, -0.2) is 36.8 Å². The molecule has 4 rings (SSSR count). The third-order valence-corrected chi connectivity index (χ3v) is 9.85. The maximum Gasteiger partial charge on any atom is 0.270 e. The number of benzene rings is 1. The van der Waals surface area contributed by atoms with Crippen molar-refractivity contribution in [3.63, 3.8) is 0 Å². The Kier molecular flexibility index (Phi) is 6.32. The predicted octanol–water partition coefficient (Wildman–Crippen LogP) is 4.53. The third kappa shape index (κ3) is 5.58. The molecule has 31 heavy (non-hydrogen) atoms. The summed E-state index contributed by atoms with van der Waals surface area (Å²) in [6.45, 7) is 0.477. The quantitative estimate of drug-likeness (QED) is 0.423. The molecule has 170 valence electrons. The van der Waals surface area contributed by atoms with Gasteiger partial charge in [0, 0.05) is 18.7 Å². The van der Waals surface area contributed by atoms with Crippen molar-refractivity contribution < 1.29 is 18.1 Å². The maximum atomic E-state index is 12.7. The average Bonchev–Trinajstić information content (AvgIpc) is 3.64. The Morgan fingerprint density at radius 1 is 1.13 bits per heavy atom. The molecule has 9 heteroatoms. The first-order valence-corrected chi connectivity index (χ1v) is 13.2. The lowest BCUT2D eigenvalue weighted by Gasteiger charge is -2.40. The first-order chi connectivity index (χ1) is 14.7. The van der Waals surface area contributed by atoms with Crippen LogP contribution in [0.1, 0.15) is 68.1 Å². The number of non-ortho nitro benzene ring substituents is 1. The first-order valence-electron chi connectivity index (χ1n) is 11.1. The molecule has 0 unspecified atom stereocenters. The van der Waals surface area contributed by atoms with E-state index in [2.05, 4.69) is 5.32 Å². The van der Waals surface area contributed by atoms with Gasteiger partial charge in [-0.15, -0.1) is 0 Å². The standard InChI is InChI=1S/C22H29ClN2O5S/c23-20-11-17(25(27)28)5-6-19(20)21(26)24-14-22(12-15-1-2-15)9-7-18(8-10-22)31(29,30)13-16-3-4-16/h5-6,11,15-16,18H,1-4,7-10,12-14H2,(H,24,26). The normalized spacial score (nSPS) is 26.4. The molecule has 0 spiro atoms. The van der Waals surface area contributed by atoms with Gasteiger partial charge in [0.1, 0.15) is 0 Å². The van der Waals surface area contributed by atoms with E-state index in [9.17, 15) is 23.3 Å². The highest BCUT2D eigenvalue weighted by Gasteiger charge is 2.43. The van der Waals surface area contributed by atoms with Gasteiger partial charge in [0.2, 0.25) is 0 Å². The van der Waals surface area contributed by atoms with E-state index in [4.69, 9.17) is 11.6 Å². The van der Waals surface area contributed by atoms with Crippen LogP contribution in [0.5, 0.6) is 0 Å². The Morgan fingerprint density at radius 2 is 1.77 bits per heavy atom. The molecular weight excluding hydrogens is 440 g/mol. The highest BCUT2D eigenvalue weighted by atomic mass is 35.5. The molecule has 0 aliphatic heterocycles. The van der Waals surface area contributed by atoms with Gasteiger partial charge in [0.05, 0.1) is 26.5 Å². The molecule has 0 bridgehead atoms. The molecule has 0 saturated heterocycles. The van der Waals surface area contributed by atoms with E-state index in [-0.39, 0.29) is 32.8 Å². The number of nitro groups is 1. The van der Waals surface area contributed by atoms with Crippen LogP contribution in [0.4, 0.5) is 5.69 Å². The summed E-state index contributed by atoms with van der Waals surface area (Å²) in [5.41, 5.74) is -0.0256. The maximum absolute atomic E-state index is 12.7. The number of nitrogens with one attached hydrogen (secondary N) is 1. The molecule has 3 saturated carbocycles. The highest BCUT2D eigenvalue weighted by Crippen LogP contribution is 2.49. The molecule has 3 aliphatic rings. The number of carbonyl (C=O) groups is 1. The second-order valence-corrected chi connectivity index (χ2v) is 12.5. The van der Waals surface area contributed by atoms with E-state index < -0.39 is 14.8 Å². The van der Waals surface area contributed by atoms with Gasteiger partial charge in [-0.25, -0.2) is 8.42 Å². The van der Waals surface area contributed by atoms with Crippen LogP contribution in [0, 0.1) is 27.4 Å². The zero-order valence-corrected chi connectivity index (χ0v) is 19.1. The van der Waals surface area contributed by atoms with Gasteiger partial charge in [0.15, 0.2) is 9.84 Å². The van der Waals surface area contributed by atoms with E-state index in [1.165, 1.54) is 31.0 Å². The Labute approximate surface area is 188 Å². The van der Waals surface area contributed by atoms with E-state index >= 15 is 0 Å². The molecule has 3 fully saturated rings. The minimum atomic E-state index is -3.03. The van der Waals surface area contributed by atoms with Crippen LogP contribution < -0.4 is 5.32 Å². The summed E-state index contributed by atoms with van der Waals surface area (Å²) in [4.78, 5) is 23.1. The molecule has 3 aliphatic carbocycles. The highest BCUT2D eigenvalue weighted by molar-refractivity contribution is 7.92. The van der Waals surface area contributed by atoms with Crippen molar-refractivity contribution in [2.45, 2.75) is 63.0 Å². The number of amides is 1. The second-order valence-electron chi connectivity index (χ2n) is 9.72. The zero-order chi connectivity index (χ0) is 22.2. The van der Waals surface area contributed by atoms with Crippen LogP contribution in [0.25, 0.3) is 0 Å². The predicted molar refractivity (Wildman–Crippen MR) is 119 cm³/mol. The summed E-state index contributed by atoms with van der Waals surface area (Å²) in [6, 6.07) is 3.84. The van der Waals surface area contributed by atoms with Gasteiger partial charge in [-0.2, -0.15) is 0 Å². The summed E-state index contributed by atoms with van der Waals surface area (Å²) >= 11 is 6.10. The lowest BCUT2D eigenvalue weighted by Crippen LogP contribution is -2.43. The van der Waals surface area contributed by atoms with Crippen LogP contribution >= 0.6 is 11.6 Å². The topological polar surface area (TPSA) is 106 Å². The van der Waals surface area contributed by atoms with Crippen LogP contribution in [0.3, 0.4) is 0 Å².